The van der Waals surface area contributed by atoms with Crippen LogP contribution in [0.5, 0.6) is 0 Å². The number of nitrogens with one attached hydrogen (secondary N) is 1. The van der Waals surface area contributed by atoms with E-state index in [-0.39, 0.29) is 25.1 Å². The summed E-state index contributed by atoms with van der Waals surface area (Å²) in [5, 5.41) is 13.8. The quantitative estimate of drug-likeness (QED) is 0.0400. The predicted octanol–water partition coefficient (Wildman–Crippen LogP) is 8.29. The summed E-state index contributed by atoms with van der Waals surface area (Å²) in [4.78, 5) is 47.0. The van der Waals surface area contributed by atoms with Crippen LogP contribution in [0.25, 0.3) is 0 Å². The smallest absolute Gasteiger partial charge is 0.306 e. The van der Waals surface area contributed by atoms with Gasteiger partial charge in [-0.1, -0.05) is 114 Å². The third-order valence-corrected chi connectivity index (χ3v) is 7.37. The number of alkyl halides is 2. The van der Waals surface area contributed by atoms with E-state index < -0.39 is 39.8 Å². The standard InChI is InChI=1S/C31H48Cl2N2O7/c1-3-5-7-9-11-13-15-17-27(36)41-23-26(34-31(38)30(32)33)29(24-19-21-25(22-20-24)35(39)40)42-28(37)18-16-14-12-10-8-6-4-2/h19-22,26,29-30H,3-18,23H2,1-2H3,(H,34,38)/t26-,29-/m1/s1. The second-order valence-electron chi connectivity index (χ2n) is 10.6. The molecule has 1 rings (SSSR count). The maximum Gasteiger partial charge on any atom is 0.306 e. The lowest BCUT2D eigenvalue weighted by Crippen LogP contribution is -2.46. The molecule has 0 fully saturated rings. The van der Waals surface area contributed by atoms with Gasteiger partial charge in [0.1, 0.15) is 12.6 Å². The minimum atomic E-state index is -1.41. The maximum absolute atomic E-state index is 12.9. The van der Waals surface area contributed by atoms with Crippen LogP contribution in [-0.4, -0.2) is 40.3 Å². The summed E-state index contributed by atoms with van der Waals surface area (Å²) in [6.07, 6.45) is 13.9. The second kappa shape index (κ2) is 23.1. The van der Waals surface area contributed by atoms with Crippen molar-refractivity contribution in [2.45, 2.75) is 134 Å². The van der Waals surface area contributed by atoms with Gasteiger partial charge in [0, 0.05) is 25.0 Å². The van der Waals surface area contributed by atoms with Crippen molar-refractivity contribution in [1.82, 2.24) is 5.32 Å². The number of hydrogen-bond acceptors (Lipinski definition) is 7. The van der Waals surface area contributed by atoms with E-state index in [0.717, 1.165) is 44.9 Å². The van der Waals surface area contributed by atoms with E-state index in [0.29, 0.717) is 18.4 Å². The molecule has 238 valence electrons. The summed E-state index contributed by atoms with van der Waals surface area (Å²) in [5.74, 6) is -1.68. The zero-order valence-electron chi connectivity index (χ0n) is 25.1. The van der Waals surface area contributed by atoms with Crippen LogP contribution in [0.15, 0.2) is 24.3 Å². The van der Waals surface area contributed by atoms with Crippen LogP contribution in [0.2, 0.25) is 0 Å². The van der Waals surface area contributed by atoms with Crippen LogP contribution in [-0.2, 0) is 23.9 Å². The normalized spacial score (nSPS) is 12.5. The largest absolute Gasteiger partial charge is 0.463 e. The lowest BCUT2D eigenvalue weighted by Gasteiger charge is -2.28. The molecule has 0 radical (unpaired) electrons. The summed E-state index contributed by atoms with van der Waals surface area (Å²) in [5.41, 5.74) is 0.248. The molecule has 0 saturated heterocycles. The molecule has 0 saturated carbocycles. The van der Waals surface area contributed by atoms with Crippen molar-refractivity contribution in [2.75, 3.05) is 6.61 Å². The molecule has 1 amide bonds. The molecule has 0 bridgehead atoms. The molecule has 42 heavy (non-hydrogen) atoms. The Bertz CT molecular complexity index is 928. The molecule has 1 N–H and O–H groups in total. The first kappa shape index (κ1) is 37.6. The molecule has 9 nitrogen and oxygen atoms in total. The van der Waals surface area contributed by atoms with Crippen molar-refractivity contribution < 1.29 is 28.8 Å². The first-order chi connectivity index (χ1) is 20.2. The lowest BCUT2D eigenvalue weighted by molar-refractivity contribution is -0.384. The number of unbranched alkanes of at least 4 members (excludes halogenated alkanes) is 12. The van der Waals surface area contributed by atoms with Crippen molar-refractivity contribution in [3.63, 3.8) is 0 Å². The molecular formula is C31H48Cl2N2O7. The Labute approximate surface area is 260 Å². The molecule has 1 aromatic carbocycles. The highest BCUT2D eigenvalue weighted by Crippen LogP contribution is 2.26. The van der Waals surface area contributed by atoms with E-state index in [4.69, 9.17) is 32.7 Å². The van der Waals surface area contributed by atoms with E-state index in [1.54, 1.807) is 0 Å². The number of carbonyl (C=O) groups is 3. The predicted molar refractivity (Wildman–Crippen MR) is 166 cm³/mol. The molecule has 0 aliphatic heterocycles. The molecule has 0 aliphatic carbocycles. The van der Waals surface area contributed by atoms with E-state index >= 15 is 0 Å². The highest BCUT2D eigenvalue weighted by molar-refractivity contribution is 6.53. The van der Waals surface area contributed by atoms with Crippen molar-refractivity contribution in [3.8, 4) is 0 Å². The van der Waals surface area contributed by atoms with Crippen LogP contribution >= 0.6 is 23.2 Å². The van der Waals surface area contributed by atoms with Gasteiger partial charge in [0.2, 0.25) is 0 Å². The van der Waals surface area contributed by atoms with Gasteiger partial charge in [-0.15, -0.1) is 0 Å². The Morgan fingerprint density at radius 1 is 0.786 bits per heavy atom. The molecule has 0 spiro atoms. The first-order valence-corrected chi connectivity index (χ1v) is 16.2. The number of nitro groups is 1. The van der Waals surface area contributed by atoms with Gasteiger partial charge >= 0.3 is 11.9 Å². The molecule has 0 unspecified atom stereocenters. The minimum absolute atomic E-state index is 0.143. The van der Waals surface area contributed by atoms with Gasteiger partial charge in [0.05, 0.1) is 4.92 Å². The lowest BCUT2D eigenvalue weighted by atomic mass is 10.0. The van der Waals surface area contributed by atoms with Gasteiger partial charge in [-0.3, -0.25) is 24.5 Å². The average molecular weight is 632 g/mol. The summed E-state index contributed by atoms with van der Waals surface area (Å²) in [6.45, 7) is 4.02. The van der Waals surface area contributed by atoms with Crippen LogP contribution in [0.3, 0.4) is 0 Å². The van der Waals surface area contributed by atoms with E-state index in [2.05, 4.69) is 19.2 Å². The Morgan fingerprint density at radius 2 is 1.26 bits per heavy atom. The highest BCUT2D eigenvalue weighted by atomic mass is 35.5. The number of non-ortho nitro benzene ring substituents is 1. The molecule has 0 aliphatic rings. The second-order valence-corrected chi connectivity index (χ2v) is 11.7. The zero-order chi connectivity index (χ0) is 31.2. The number of nitro benzene ring substituents is 1. The minimum Gasteiger partial charge on any atom is -0.463 e. The Morgan fingerprint density at radius 3 is 1.74 bits per heavy atom. The van der Waals surface area contributed by atoms with Crippen LogP contribution in [0.4, 0.5) is 5.69 Å². The van der Waals surface area contributed by atoms with Gasteiger partial charge in [0.25, 0.3) is 11.6 Å². The maximum atomic E-state index is 12.9. The zero-order valence-corrected chi connectivity index (χ0v) is 26.6. The van der Waals surface area contributed by atoms with Gasteiger partial charge in [-0.2, -0.15) is 0 Å². The highest BCUT2D eigenvalue weighted by Gasteiger charge is 2.31. The van der Waals surface area contributed by atoms with Crippen molar-refractivity contribution >= 4 is 46.7 Å². The fourth-order valence-electron chi connectivity index (χ4n) is 4.53. The van der Waals surface area contributed by atoms with Crippen molar-refractivity contribution in [2.24, 2.45) is 0 Å². The Hall–Kier alpha value is -2.39. The molecule has 0 heterocycles. The number of benzene rings is 1. The third-order valence-electron chi connectivity index (χ3n) is 6.97. The third kappa shape index (κ3) is 16.9. The number of ether oxygens (including phenoxy) is 2. The number of rotatable bonds is 24. The fraction of sp³-hybridized carbons (Fsp3) is 0.710. The molecular weight excluding hydrogens is 583 g/mol. The van der Waals surface area contributed by atoms with Crippen LogP contribution < -0.4 is 5.32 Å². The van der Waals surface area contributed by atoms with Gasteiger partial charge < -0.3 is 14.8 Å². The number of hydrogen-bond donors (Lipinski definition) is 1. The Balaban J connectivity index is 2.92. The first-order valence-electron chi connectivity index (χ1n) is 15.4. The Kier molecular flexibility index (Phi) is 20.7. The summed E-state index contributed by atoms with van der Waals surface area (Å²) < 4.78 is 11.3. The van der Waals surface area contributed by atoms with Gasteiger partial charge in [-0.25, -0.2) is 0 Å². The number of halogens is 2. The summed E-state index contributed by atoms with van der Waals surface area (Å²) in [7, 11) is 0. The molecule has 0 aromatic heterocycles. The van der Waals surface area contributed by atoms with Crippen molar-refractivity contribution in [3.05, 3.63) is 39.9 Å². The molecule has 11 heteroatoms. The van der Waals surface area contributed by atoms with E-state index in [9.17, 15) is 24.5 Å². The van der Waals surface area contributed by atoms with Crippen molar-refractivity contribution in [1.29, 1.82) is 0 Å². The fourth-order valence-corrected chi connectivity index (χ4v) is 4.65. The van der Waals surface area contributed by atoms with Crippen LogP contribution in [0.1, 0.15) is 128 Å². The number of nitrogens with zero attached hydrogens (tertiary/aromatic N) is 1. The monoisotopic (exact) mass is 630 g/mol. The summed E-state index contributed by atoms with van der Waals surface area (Å²) in [6, 6.07) is 4.44. The van der Waals surface area contributed by atoms with Gasteiger partial charge in [0.15, 0.2) is 10.9 Å². The SMILES string of the molecule is CCCCCCCCCC(=O)OC[C@@H](NC(=O)C(Cl)Cl)[C@H](OC(=O)CCCCCCCCC)c1ccc([N+](=O)[O-])cc1. The average Bonchev–Trinajstić information content (AvgIpc) is 2.97. The van der Waals surface area contributed by atoms with E-state index in [1.807, 2.05) is 0 Å². The topological polar surface area (TPSA) is 125 Å². The van der Waals surface area contributed by atoms with Crippen LogP contribution in [0, 0.1) is 10.1 Å². The number of carbonyl (C=O) groups excluding carboxylic acids is 3. The molecule has 1 aromatic rings. The van der Waals surface area contributed by atoms with Gasteiger partial charge in [-0.05, 0) is 30.5 Å². The number of amides is 1. The number of esters is 2. The summed E-state index contributed by atoms with van der Waals surface area (Å²) >= 11 is 11.5. The molecule has 2 atom stereocenters. The van der Waals surface area contributed by atoms with E-state index in [1.165, 1.54) is 56.4 Å².